The van der Waals surface area contributed by atoms with Gasteiger partial charge in [-0.2, -0.15) is 0 Å². The van der Waals surface area contributed by atoms with E-state index >= 15 is 0 Å². The fourth-order valence-electron chi connectivity index (χ4n) is 5.31. The molecule has 0 amide bonds. The van der Waals surface area contributed by atoms with E-state index in [1.54, 1.807) is 6.33 Å². The van der Waals surface area contributed by atoms with E-state index in [1.165, 1.54) is 38.8 Å². The number of benzene rings is 1. The van der Waals surface area contributed by atoms with Crippen LogP contribution in [0.3, 0.4) is 0 Å². The monoisotopic (exact) mass is 575 g/mol. The summed E-state index contributed by atoms with van der Waals surface area (Å²) in [7, 11) is 2.25. The third-order valence-corrected chi connectivity index (χ3v) is 8.67. The summed E-state index contributed by atoms with van der Waals surface area (Å²) in [4.78, 5) is 11.5. The Kier molecular flexibility index (Phi) is 6.92. The maximum absolute atomic E-state index is 6.05. The van der Waals surface area contributed by atoms with E-state index in [9.17, 15) is 0 Å². The van der Waals surface area contributed by atoms with Crippen molar-refractivity contribution in [2.24, 2.45) is 11.8 Å². The molecule has 2 saturated heterocycles. The zero-order valence-electron chi connectivity index (χ0n) is 19.0. The van der Waals surface area contributed by atoms with Crippen molar-refractivity contribution in [2.75, 3.05) is 44.3 Å². The fourth-order valence-corrected chi connectivity index (χ4v) is 6.49. The summed E-state index contributed by atoms with van der Waals surface area (Å²) in [6.45, 7) is 5.52. The molecular weight excluding hydrogens is 546 g/mol. The number of hydrogen-bond acceptors (Lipinski definition) is 7. The van der Waals surface area contributed by atoms with Gasteiger partial charge >= 0.3 is 0 Å². The minimum atomic E-state index is 0.683. The van der Waals surface area contributed by atoms with Gasteiger partial charge in [0, 0.05) is 39.5 Å². The summed E-state index contributed by atoms with van der Waals surface area (Å²) in [5, 5.41) is 8.31. The molecule has 0 saturated carbocycles. The van der Waals surface area contributed by atoms with Crippen LogP contribution < -0.4 is 11.1 Å². The molecule has 3 aliphatic heterocycles. The third kappa shape index (κ3) is 5.06. The molecule has 0 bridgehead atoms. The minimum Gasteiger partial charge on any atom is -0.397 e. The van der Waals surface area contributed by atoms with Crippen LogP contribution in [0.5, 0.6) is 0 Å². The number of fused-ring (bicyclic) bond motifs is 1. The van der Waals surface area contributed by atoms with E-state index < -0.39 is 0 Å². The number of nitrogens with two attached hydrogens (primary N) is 1. The number of hydrazine groups is 1. The number of rotatable bonds is 4. The second-order valence-electron chi connectivity index (χ2n) is 9.41. The number of likely N-dealkylation sites (tertiary alicyclic amines) is 1. The third-order valence-electron chi connectivity index (χ3n) is 7.35. The van der Waals surface area contributed by atoms with E-state index in [-0.39, 0.29) is 0 Å². The number of aromatic nitrogens is 2. The second kappa shape index (κ2) is 9.90. The highest BCUT2D eigenvalue weighted by Gasteiger charge is 2.31. The molecule has 2 aromatic rings. The van der Waals surface area contributed by atoms with Gasteiger partial charge in [-0.25, -0.2) is 15.0 Å². The molecule has 176 valence electrons. The molecule has 0 atom stereocenters. The van der Waals surface area contributed by atoms with Crippen LogP contribution in [0.25, 0.3) is 6.08 Å². The van der Waals surface area contributed by atoms with Crippen molar-refractivity contribution in [1.82, 2.24) is 24.9 Å². The van der Waals surface area contributed by atoms with Gasteiger partial charge in [0.2, 0.25) is 0 Å². The highest BCUT2D eigenvalue weighted by Crippen LogP contribution is 2.36. The zero-order valence-corrected chi connectivity index (χ0v) is 22.1. The first-order valence-electron chi connectivity index (χ1n) is 11.7. The Bertz CT molecular complexity index is 1000. The van der Waals surface area contributed by atoms with Gasteiger partial charge in [-0.1, -0.05) is 0 Å². The van der Waals surface area contributed by atoms with Crippen molar-refractivity contribution in [3.05, 3.63) is 44.9 Å². The van der Waals surface area contributed by atoms with Crippen LogP contribution in [0.4, 0.5) is 17.2 Å². The topological polar surface area (TPSA) is 73.5 Å². The molecule has 33 heavy (non-hydrogen) atoms. The van der Waals surface area contributed by atoms with Gasteiger partial charge in [0.15, 0.2) is 0 Å². The van der Waals surface area contributed by atoms with E-state index in [0.717, 1.165) is 63.2 Å². The number of halogens is 2. The SMILES string of the molecule is CN1CCC(C2CCN(N3C=Cc4ncnc(Nc5cc(Br)c(N)c(Br)c5)c4C3)CC2)CC1. The summed E-state index contributed by atoms with van der Waals surface area (Å²) in [5.74, 6) is 2.61. The van der Waals surface area contributed by atoms with E-state index in [4.69, 9.17) is 5.73 Å². The van der Waals surface area contributed by atoms with Gasteiger partial charge in [0.25, 0.3) is 0 Å². The molecule has 9 heteroatoms. The first-order chi connectivity index (χ1) is 16.0. The molecule has 3 aliphatic rings. The molecule has 5 rings (SSSR count). The molecule has 1 aromatic carbocycles. The molecule has 0 radical (unpaired) electrons. The average Bonchev–Trinajstić information content (AvgIpc) is 2.83. The van der Waals surface area contributed by atoms with Gasteiger partial charge in [-0.15, -0.1) is 0 Å². The number of nitrogens with zero attached hydrogens (tertiary/aromatic N) is 5. The Hall–Kier alpha value is -1.68. The Morgan fingerprint density at radius 2 is 1.61 bits per heavy atom. The normalized spacial score (nSPS) is 20.8. The molecule has 7 nitrogen and oxygen atoms in total. The Balaban J connectivity index is 1.26. The van der Waals surface area contributed by atoms with Crippen LogP contribution >= 0.6 is 31.9 Å². The molecule has 0 unspecified atom stereocenters. The van der Waals surface area contributed by atoms with Crippen molar-refractivity contribution in [1.29, 1.82) is 0 Å². The van der Waals surface area contributed by atoms with E-state index in [0.29, 0.717) is 5.69 Å². The van der Waals surface area contributed by atoms with Crippen LogP contribution in [-0.4, -0.2) is 58.1 Å². The summed E-state index contributed by atoms with van der Waals surface area (Å²) in [6, 6.07) is 3.94. The number of piperidine rings is 2. The van der Waals surface area contributed by atoms with Crippen molar-refractivity contribution < 1.29 is 0 Å². The van der Waals surface area contributed by atoms with Gasteiger partial charge in [-0.3, -0.25) is 0 Å². The first kappa shape index (κ1) is 23.1. The Morgan fingerprint density at radius 3 is 2.27 bits per heavy atom. The molecule has 0 spiro atoms. The average molecular weight is 577 g/mol. The second-order valence-corrected chi connectivity index (χ2v) is 11.1. The lowest BCUT2D eigenvalue weighted by molar-refractivity contribution is -0.0278. The smallest absolute Gasteiger partial charge is 0.139 e. The lowest BCUT2D eigenvalue weighted by Crippen LogP contribution is -2.46. The summed E-state index contributed by atoms with van der Waals surface area (Å²) >= 11 is 7.05. The largest absolute Gasteiger partial charge is 0.397 e. The van der Waals surface area contributed by atoms with Crippen molar-refractivity contribution in [3.63, 3.8) is 0 Å². The van der Waals surface area contributed by atoms with Gasteiger partial charge < -0.3 is 21.0 Å². The number of anilines is 3. The molecule has 3 N–H and O–H groups in total. The van der Waals surface area contributed by atoms with Crippen LogP contribution in [-0.2, 0) is 6.54 Å². The first-order valence-corrected chi connectivity index (χ1v) is 13.3. The Morgan fingerprint density at radius 1 is 0.970 bits per heavy atom. The lowest BCUT2D eigenvalue weighted by Gasteiger charge is -2.43. The van der Waals surface area contributed by atoms with Crippen LogP contribution in [0.1, 0.15) is 36.9 Å². The van der Waals surface area contributed by atoms with Crippen LogP contribution in [0.2, 0.25) is 0 Å². The Labute approximate surface area is 212 Å². The zero-order chi connectivity index (χ0) is 22.9. The van der Waals surface area contributed by atoms with Gasteiger partial charge in [0.05, 0.1) is 17.9 Å². The molecule has 2 fully saturated rings. The van der Waals surface area contributed by atoms with Crippen molar-refractivity contribution in [2.45, 2.75) is 32.2 Å². The van der Waals surface area contributed by atoms with Gasteiger partial charge in [-0.05, 0) is 108 Å². The minimum absolute atomic E-state index is 0.683. The highest BCUT2D eigenvalue weighted by molar-refractivity contribution is 9.11. The predicted octanol–water partition coefficient (Wildman–Crippen LogP) is 5.08. The number of nitrogens with one attached hydrogen (secondary N) is 1. The maximum atomic E-state index is 6.05. The van der Waals surface area contributed by atoms with Crippen LogP contribution in [0.15, 0.2) is 33.6 Å². The molecule has 4 heterocycles. The maximum Gasteiger partial charge on any atom is 0.139 e. The van der Waals surface area contributed by atoms with Gasteiger partial charge in [0.1, 0.15) is 12.1 Å². The summed E-state index contributed by atoms with van der Waals surface area (Å²) in [5.41, 5.74) is 9.74. The van der Waals surface area contributed by atoms with Crippen LogP contribution in [0, 0.1) is 11.8 Å². The van der Waals surface area contributed by atoms with Crippen molar-refractivity contribution in [3.8, 4) is 0 Å². The highest BCUT2D eigenvalue weighted by atomic mass is 79.9. The van der Waals surface area contributed by atoms with E-state index in [1.807, 2.05) is 12.1 Å². The number of nitrogen functional groups attached to an aromatic ring is 1. The number of hydrogen-bond donors (Lipinski definition) is 2. The lowest BCUT2D eigenvalue weighted by atomic mass is 9.79. The van der Waals surface area contributed by atoms with Crippen molar-refractivity contribution >= 4 is 55.1 Å². The molecule has 1 aromatic heterocycles. The summed E-state index contributed by atoms with van der Waals surface area (Å²) in [6.07, 6.45) is 11.2. The standard InChI is InChI=1S/C24H31Br2N7/c1-31-7-2-16(3-8-31)17-4-9-32(10-5-17)33-11-6-22-19(14-33)24(29-15-28-22)30-18-12-20(25)23(27)21(26)13-18/h6,11-13,15-17H,2-5,7-10,14,27H2,1H3,(H,28,29,30). The van der Waals surface area contributed by atoms with E-state index in [2.05, 4.69) is 81.4 Å². The fraction of sp³-hybridized carbons (Fsp3) is 0.500. The predicted molar refractivity (Wildman–Crippen MR) is 141 cm³/mol. The quantitative estimate of drug-likeness (QED) is 0.491. The summed E-state index contributed by atoms with van der Waals surface area (Å²) < 4.78 is 1.69. The molecule has 0 aliphatic carbocycles. The molecular formula is C24H31Br2N7.